The van der Waals surface area contributed by atoms with E-state index >= 15 is 0 Å². The van der Waals surface area contributed by atoms with Crippen LogP contribution in [0.25, 0.3) is 11.4 Å². The summed E-state index contributed by atoms with van der Waals surface area (Å²) >= 11 is 0. The van der Waals surface area contributed by atoms with Crippen LogP contribution in [0.15, 0.2) is 40.0 Å². The highest BCUT2D eigenvalue weighted by molar-refractivity contribution is 5.99. The van der Waals surface area contributed by atoms with Crippen molar-refractivity contribution in [2.75, 3.05) is 26.6 Å². The summed E-state index contributed by atoms with van der Waals surface area (Å²) in [6.07, 6.45) is 2.10. The highest BCUT2D eigenvalue weighted by atomic mass is 16.5. The van der Waals surface area contributed by atoms with E-state index in [1.165, 1.54) is 0 Å². The molecule has 3 heterocycles. The third-order valence-electron chi connectivity index (χ3n) is 5.82. The summed E-state index contributed by atoms with van der Waals surface area (Å²) in [4.78, 5) is 17.6. The minimum absolute atomic E-state index is 0.105. The summed E-state index contributed by atoms with van der Waals surface area (Å²) in [6, 6.07) is 6.91. The van der Waals surface area contributed by atoms with Gasteiger partial charge in [-0.05, 0) is 44.0 Å². The highest BCUT2D eigenvalue weighted by Gasteiger charge is 2.38. The first-order valence-corrected chi connectivity index (χ1v) is 10.4. The van der Waals surface area contributed by atoms with Crippen molar-refractivity contribution >= 4 is 11.7 Å². The summed E-state index contributed by atoms with van der Waals surface area (Å²) in [6.45, 7) is 1.88. The van der Waals surface area contributed by atoms with Crippen molar-refractivity contribution in [3.05, 3.63) is 47.1 Å². The molecule has 0 radical (unpaired) electrons. The Morgan fingerprint density at radius 2 is 1.84 bits per heavy atom. The van der Waals surface area contributed by atoms with Crippen molar-refractivity contribution < 1.29 is 23.4 Å². The number of rotatable bonds is 5. The molecule has 9 heteroatoms. The zero-order chi connectivity index (χ0) is 22.4. The van der Waals surface area contributed by atoms with Gasteiger partial charge in [-0.25, -0.2) is 4.68 Å². The molecule has 5 rings (SSSR count). The molecule has 3 aromatic rings. The van der Waals surface area contributed by atoms with Gasteiger partial charge in [-0.2, -0.15) is 4.98 Å². The molecule has 1 aliphatic heterocycles. The van der Waals surface area contributed by atoms with Crippen molar-refractivity contribution in [3.8, 4) is 28.6 Å². The van der Waals surface area contributed by atoms with Crippen LogP contribution in [0.3, 0.4) is 0 Å². The Kier molecular flexibility index (Phi) is 4.88. The van der Waals surface area contributed by atoms with Crippen LogP contribution >= 0.6 is 0 Å². The lowest BCUT2D eigenvalue weighted by molar-refractivity contribution is -0.116. The number of hydrogen-bond donors (Lipinski definition) is 1. The average Bonchev–Trinajstić information content (AvgIpc) is 3.42. The van der Waals surface area contributed by atoms with E-state index in [0.29, 0.717) is 52.3 Å². The quantitative estimate of drug-likeness (QED) is 0.643. The van der Waals surface area contributed by atoms with Crippen LogP contribution in [0.2, 0.25) is 0 Å². The number of carbonyl (C=O) groups excluding carboxylic acids is 1. The number of aromatic nitrogens is 3. The minimum atomic E-state index is -0.467. The fourth-order valence-corrected chi connectivity index (χ4v) is 4.35. The van der Waals surface area contributed by atoms with E-state index in [-0.39, 0.29) is 5.78 Å². The molecule has 1 N–H and O–H groups in total. The average molecular weight is 436 g/mol. The summed E-state index contributed by atoms with van der Waals surface area (Å²) < 4.78 is 24.0. The van der Waals surface area contributed by atoms with Crippen molar-refractivity contribution in [2.24, 2.45) is 0 Å². The number of allylic oxidation sites excluding steroid dienone is 2. The van der Waals surface area contributed by atoms with Crippen LogP contribution in [-0.2, 0) is 4.79 Å². The molecule has 1 aliphatic carbocycles. The van der Waals surface area contributed by atoms with Crippen molar-refractivity contribution in [2.45, 2.75) is 32.2 Å². The number of hydrogen-bond acceptors (Lipinski definition) is 8. The van der Waals surface area contributed by atoms with Gasteiger partial charge in [-0.3, -0.25) is 4.79 Å². The monoisotopic (exact) mass is 436 g/mol. The smallest absolute Gasteiger partial charge is 0.227 e. The lowest BCUT2D eigenvalue weighted by atomic mass is 9.88. The molecule has 166 valence electrons. The summed E-state index contributed by atoms with van der Waals surface area (Å²) in [7, 11) is 4.68. The van der Waals surface area contributed by atoms with E-state index in [4.69, 9.17) is 28.7 Å². The molecule has 9 nitrogen and oxygen atoms in total. The number of nitrogens with one attached hydrogen (secondary N) is 1. The van der Waals surface area contributed by atoms with Crippen LogP contribution in [0.4, 0.5) is 5.95 Å². The zero-order valence-electron chi connectivity index (χ0n) is 18.4. The first kappa shape index (κ1) is 20.2. The molecule has 0 fully saturated rings. The Morgan fingerprint density at radius 3 is 2.47 bits per heavy atom. The van der Waals surface area contributed by atoms with Gasteiger partial charge in [0.05, 0.1) is 21.3 Å². The van der Waals surface area contributed by atoms with Crippen LogP contribution in [0, 0.1) is 6.92 Å². The summed E-state index contributed by atoms with van der Waals surface area (Å²) in [5.74, 6) is 4.07. The lowest BCUT2D eigenvalue weighted by Gasteiger charge is -2.30. The van der Waals surface area contributed by atoms with E-state index in [9.17, 15) is 4.79 Å². The Bertz CT molecular complexity index is 1210. The first-order valence-electron chi connectivity index (χ1n) is 10.4. The van der Waals surface area contributed by atoms with Crippen molar-refractivity contribution in [1.82, 2.24) is 14.8 Å². The SMILES string of the molecule is COc1cc(-c2nc3n(n2)C(c2ccc(C)o2)C2=C(CCCC2=O)N3)cc(OC)c1OC. The van der Waals surface area contributed by atoms with Gasteiger partial charge < -0.3 is 23.9 Å². The number of nitrogens with zero attached hydrogens (tertiary/aromatic N) is 3. The Morgan fingerprint density at radius 1 is 1.09 bits per heavy atom. The summed E-state index contributed by atoms with van der Waals surface area (Å²) in [5.41, 5.74) is 2.28. The van der Waals surface area contributed by atoms with Crippen LogP contribution < -0.4 is 19.5 Å². The van der Waals surface area contributed by atoms with Gasteiger partial charge in [0.15, 0.2) is 23.1 Å². The second kappa shape index (κ2) is 7.74. The maximum absolute atomic E-state index is 12.9. The number of aryl methyl sites for hydroxylation is 1. The second-order valence-corrected chi connectivity index (χ2v) is 7.76. The molecule has 1 aromatic carbocycles. The predicted molar refractivity (Wildman–Crippen MR) is 116 cm³/mol. The Balaban J connectivity index is 1.66. The summed E-state index contributed by atoms with van der Waals surface area (Å²) in [5, 5.41) is 8.09. The number of ketones is 1. The predicted octanol–water partition coefficient (Wildman–Crippen LogP) is 3.89. The lowest BCUT2D eigenvalue weighted by Crippen LogP contribution is -2.31. The highest BCUT2D eigenvalue weighted by Crippen LogP contribution is 2.43. The maximum atomic E-state index is 12.9. The van der Waals surface area contributed by atoms with Gasteiger partial charge in [-0.1, -0.05) is 0 Å². The van der Waals surface area contributed by atoms with Gasteiger partial charge in [-0.15, -0.1) is 5.10 Å². The molecule has 0 saturated carbocycles. The minimum Gasteiger partial charge on any atom is -0.493 e. The van der Waals surface area contributed by atoms with Gasteiger partial charge in [0.25, 0.3) is 0 Å². The molecule has 1 atom stereocenters. The number of benzene rings is 1. The number of furan rings is 1. The van der Waals surface area contributed by atoms with E-state index in [1.54, 1.807) is 38.1 Å². The largest absolute Gasteiger partial charge is 0.493 e. The van der Waals surface area contributed by atoms with Gasteiger partial charge >= 0.3 is 0 Å². The number of ether oxygens (including phenoxy) is 3. The molecule has 2 aromatic heterocycles. The third kappa shape index (κ3) is 3.12. The Hall–Kier alpha value is -3.75. The Labute approximate surface area is 185 Å². The van der Waals surface area contributed by atoms with Crippen LogP contribution in [-0.4, -0.2) is 41.9 Å². The van der Waals surface area contributed by atoms with E-state index < -0.39 is 6.04 Å². The molecule has 0 spiro atoms. The number of anilines is 1. The molecule has 1 unspecified atom stereocenters. The second-order valence-electron chi connectivity index (χ2n) is 7.76. The molecule has 2 aliphatic rings. The molecular formula is C23H24N4O5. The van der Waals surface area contributed by atoms with Gasteiger partial charge in [0.1, 0.15) is 17.6 Å². The first-order chi connectivity index (χ1) is 15.5. The van der Waals surface area contributed by atoms with Crippen molar-refractivity contribution in [3.63, 3.8) is 0 Å². The third-order valence-corrected chi connectivity index (χ3v) is 5.82. The molecule has 0 bridgehead atoms. The molecule has 0 amide bonds. The number of carbonyl (C=O) groups is 1. The van der Waals surface area contributed by atoms with Gasteiger partial charge in [0.2, 0.25) is 11.7 Å². The number of methoxy groups -OCH3 is 3. The topological polar surface area (TPSA) is 101 Å². The van der Waals surface area contributed by atoms with Gasteiger partial charge in [0, 0.05) is 23.3 Å². The number of fused-ring (bicyclic) bond motifs is 1. The van der Waals surface area contributed by atoms with E-state index in [1.807, 2.05) is 19.1 Å². The molecule has 32 heavy (non-hydrogen) atoms. The van der Waals surface area contributed by atoms with Crippen LogP contribution in [0.5, 0.6) is 17.2 Å². The maximum Gasteiger partial charge on any atom is 0.227 e. The number of Topliss-reactive ketones (excluding diaryl/α,β-unsaturated/α-hetero) is 1. The normalized spacial score (nSPS) is 17.5. The molecular weight excluding hydrogens is 412 g/mol. The standard InChI is InChI=1S/C23H24N4O5/c1-12-8-9-16(32-12)20-19-14(6-5-7-15(19)28)24-23-25-22(26-27(20)23)13-10-17(29-2)21(31-4)18(11-13)30-3/h8-11,20H,5-7H2,1-4H3,(H,24,25,26). The fraction of sp³-hybridized carbons (Fsp3) is 0.348. The van der Waals surface area contributed by atoms with E-state index in [2.05, 4.69) is 5.32 Å². The van der Waals surface area contributed by atoms with E-state index in [0.717, 1.165) is 24.3 Å². The molecule has 0 saturated heterocycles. The fourth-order valence-electron chi connectivity index (χ4n) is 4.35. The van der Waals surface area contributed by atoms with Crippen LogP contribution in [0.1, 0.15) is 36.8 Å². The zero-order valence-corrected chi connectivity index (χ0v) is 18.4. The van der Waals surface area contributed by atoms with Crippen molar-refractivity contribution in [1.29, 1.82) is 0 Å².